The topological polar surface area (TPSA) is 55.1 Å². The predicted octanol–water partition coefficient (Wildman–Crippen LogP) is 0.662. The summed E-state index contributed by atoms with van der Waals surface area (Å²) in [5, 5.41) is 2.77. The molecule has 0 aliphatic heterocycles. The first-order valence-corrected chi connectivity index (χ1v) is 4.23. The van der Waals surface area contributed by atoms with E-state index in [4.69, 9.17) is 5.73 Å². The zero-order valence-electron chi connectivity index (χ0n) is 7.84. The van der Waals surface area contributed by atoms with E-state index in [9.17, 15) is 4.79 Å². The Balaban J connectivity index is 3.64. The van der Waals surface area contributed by atoms with Crippen LogP contribution < -0.4 is 11.1 Å². The van der Waals surface area contributed by atoms with Crippen LogP contribution in [0.25, 0.3) is 0 Å². The molecule has 0 aromatic rings. The van der Waals surface area contributed by atoms with E-state index in [2.05, 4.69) is 11.9 Å². The molecule has 3 heteroatoms. The second-order valence-electron chi connectivity index (χ2n) is 3.02. The Bertz CT molecular complexity index is 155. The second-order valence-corrected chi connectivity index (χ2v) is 3.02. The van der Waals surface area contributed by atoms with Crippen LogP contribution >= 0.6 is 0 Å². The SMILES string of the molecule is C=CCCNC(=O)C(C)C(C)N. The van der Waals surface area contributed by atoms with Crippen LogP contribution in [0.4, 0.5) is 0 Å². The third-order valence-electron chi connectivity index (χ3n) is 1.85. The summed E-state index contributed by atoms with van der Waals surface area (Å²) in [6.45, 7) is 7.87. The maximum atomic E-state index is 11.2. The van der Waals surface area contributed by atoms with E-state index in [1.54, 1.807) is 6.08 Å². The minimum absolute atomic E-state index is 0.0202. The maximum Gasteiger partial charge on any atom is 0.224 e. The molecule has 0 aliphatic carbocycles. The Morgan fingerprint density at radius 2 is 2.25 bits per heavy atom. The van der Waals surface area contributed by atoms with Crippen LogP contribution in [0.3, 0.4) is 0 Å². The van der Waals surface area contributed by atoms with Gasteiger partial charge in [0.2, 0.25) is 5.91 Å². The molecule has 0 aromatic carbocycles. The smallest absolute Gasteiger partial charge is 0.224 e. The van der Waals surface area contributed by atoms with Crippen molar-refractivity contribution >= 4 is 5.91 Å². The largest absolute Gasteiger partial charge is 0.356 e. The molecule has 3 nitrogen and oxygen atoms in total. The molecule has 0 aliphatic rings. The Labute approximate surface area is 74.0 Å². The number of hydrogen-bond donors (Lipinski definition) is 2. The van der Waals surface area contributed by atoms with Gasteiger partial charge in [-0.2, -0.15) is 0 Å². The van der Waals surface area contributed by atoms with Gasteiger partial charge < -0.3 is 11.1 Å². The van der Waals surface area contributed by atoms with Gasteiger partial charge in [0.1, 0.15) is 0 Å². The standard InChI is InChI=1S/C9H18N2O/c1-4-5-6-11-9(12)7(2)8(3)10/h4,7-8H,1,5-6,10H2,2-3H3,(H,11,12). The maximum absolute atomic E-state index is 11.2. The highest BCUT2D eigenvalue weighted by Gasteiger charge is 2.15. The van der Waals surface area contributed by atoms with Crippen molar-refractivity contribution in [1.82, 2.24) is 5.32 Å². The van der Waals surface area contributed by atoms with Crippen molar-refractivity contribution in [2.75, 3.05) is 6.54 Å². The zero-order chi connectivity index (χ0) is 9.56. The Kier molecular flexibility index (Phi) is 5.37. The highest BCUT2D eigenvalue weighted by molar-refractivity contribution is 5.78. The molecule has 0 aromatic heterocycles. The average molecular weight is 170 g/mol. The summed E-state index contributed by atoms with van der Waals surface area (Å²) >= 11 is 0. The molecule has 0 heterocycles. The van der Waals surface area contributed by atoms with Crippen molar-refractivity contribution in [2.24, 2.45) is 11.7 Å². The summed E-state index contributed by atoms with van der Waals surface area (Å²) < 4.78 is 0. The van der Waals surface area contributed by atoms with Crippen molar-refractivity contribution in [3.05, 3.63) is 12.7 Å². The fourth-order valence-corrected chi connectivity index (χ4v) is 0.697. The lowest BCUT2D eigenvalue weighted by molar-refractivity contribution is -0.124. The van der Waals surface area contributed by atoms with Gasteiger partial charge in [-0.25, -0.2) is 0 Å². The van der Waals surface area contributed by atoms with E-state index >= 15 is 0 Å². The van der Waals surface area contributed by atoms with Gasteiger partial charge in [0.15, 0.2) is 0 Å². The van der Waals surface area contributed by atoms with Gasteiger partial charge in [-0.3, -0.25) is 4.79 Å². The molecule has 0 bridgehead atoms. The van der Waals surface area contributed by atoms with Crippen molar-refractivity contribution in [3.63, 3.8) is 0 Å². The van der Waals surface area contributed by atoms with Crippen molar-refractivity contribution in [1.29, 1.82) is 0 Å². The van der Waals surface area contributed by atoms with Gasteiger partial charge in [0, 0.05) is 18.5 Å². The quantitative estimate of drug-likeness (QED) is 0.470. The van der Waals surface area contributed by atoms with Crippen LogP contribution in [-0.2, 0) is 4.79 Å². The molecular formula is C9H18N2O. The number of amides is 1. The van der Waals surface area contributed by atoms with Crippen molar-refractivity contribution in [2.45, 2.75) is 26.3 Å². The van der Waals surface area contributed by atoms with Crippen molar-refractivity contribution < 1.29 is 4.79 Å². The fraction of sp³-hybridized carbons (Fsp3) is 0.667. The van der Waals surface area contributed by atoms with Gasteiger partial charge in [0.05, 0.1) is 0 Å². The van der Waals surface area contributed by atoms with Gasteiger partial charge in [-0.15, -0.1) is 6.58 Å². The van der Waals surface area contributed by atoms with Crippen LogP contribution in [0.1, 0.15) is 20.3 Å². The average Bonchev–Trinajstić information content (AvgIpc) is 2.03. The normalized spacial score (nSPS) is 14.9. The highest BCUT2D eigenvalue weighted by Crippen LogP contribution is 1.98. The van der Waals surface area contributed by atoms with E-state index in [0.29, 0.717) is 6.54 Å². The molecule has 0 radical (unpaired) electrons. The van der Waals surface area contributed by atoms with Crippen LogP contribution in [0.15, 0.2) is 12.7 Å². The molecule has 0 fully saturated rings. The van der Waals surface area contributed by atoms with Gasteiger partial charge in [-0.1, -0.05) is 13.0 Å². The monoisotopic (exact) mass is 170 g/mol. The van der Waals surface area contributed by atoms with E-state index < -0.39 is 0 Å². The number of nitrogens with one attached hydrogen (secondary N) is 1. The lowest BCUT2D eigenvalue weighted by atomic mass is 10.0. The number of nitrogens with two attached hydrogens (primary N) is 1. The zero-order valence-corrected chi connectivity index (χ0v) is 7.84. The highest BCUT2D eigenvalue weighted by atomic mass is 16.1. The minimum Gasteiger partial charge on any atom is -0.356 e. The molecule has 2 unspecified atom stereocenters. The number of carbonyl (C=O) groups excluding carboxylic acids is 1. The first-order chi connectivity index (χ1) is 5.59. The number of rotatable bonds is 5. The molecule has 70 valence electrons. The fourth-order valence-electron chi connectivity index (χ4n) is 0.697. The molecular weight excluding hydrogens is 152 g/mol. The second kappa shape index (κ2) is 5.77. The lowest BCUT2D eigenvalue weighted by Crippen LogP contribution is -2.38. The molecule has 0 saturated carbocycles. The minimum atomic E-state index is -0.116. The molecule has 2 atom stereocenters. The predicted molar refractivity (Wildman–Crippen MR) is 50.6 cm³/mol. The van der Waals surface area contributed by atoms with E-state index in [1.165, 1.54) is 0 Å². The molecule has 1 amide bonds. The summed E-state index contributed by atoms with van der Waals surface area (Å²) in [5.41, 5.74) is 5.56. The Hall–Kier alpha value is -0.830. The summed E-state index contributed by atoms with van der Waals surface area (Å²) in [4.78, 5) is 11.2. The summed E-state index contributed by atoms with van der Waals surface area (Å²) in [6, 6.07) is -0.0891. The van der Waals surface area contributed by atoms with Gasteiger partial charge in [0.25, 0.3) is 0 Å². The molecule has 3 N–H and O–H groups in total. The third-order valence-corrected chi connectivity index (χ3v) is 1.85. The molecule has 0 saturated heterocycles. The Morgan fingerprint density at radius 1 is 1.67 bits per heavy atom. The summed E-state index contributed by atoms with van der Waals surface area (Å²) in [5.74, 6) is -0.0957. The first-order valence-electron chi connectivity index (χ1n) is 4.23. The lowest BCUT2D eigenvalue weighted by Gasteiger charge is -2.14. The summed E-state index contributed by atoms with van der Waals surface area (Å²) in [6.07, 6.45) is 2.58. The van der Waals surface area contributed by atoms with Crippen LogP contribution in [-0.4, -0.2) is 18.5 Å². The van der Waals surface area contributed by atoms with Crippen LogP contribution in [0.5, 0.6) is 0 Å². The van der Waals surface area contributed by atoms with E-state index in [-0.39, 0.29) is 17.9 Å². The van der Waals surface area contributed by atoms with Crippen LogP contribution in [0, 0.1) is 5.92 Å². The van der Waals surface area contributed by atoms with E-state index in [0.717, 1.165) is 6.42 Å². The Morgan fingerprint density at radius 3 is 2.67 bits per heavy atom. The first kappa shape index (κ1) is 11.2. The van der Waals surface area contributed by atoms with Gasteiger partial charge in [-0.05, 0) is 13.3 Å². The molecule has 0 spiro atoms. The summed E-state index contributed by atoms with van der Waals surface area (Å²) in [7, 11) is 0. The van der Waals surface area contributed by atoms with E-state index in [1.807, 2.05) is 13.8 Å². The number of carbonyl (C=O) groups is 1. The van der Waals surface area contributed by atoms with Crippen molar-refractivity contribution in [3.8, 4) is 0 Å². The number of hydrogen-bond acceptors (Lipinski definition) is 2. The van der Waals surface area contributed by atoms with Gasteiger partial charge >= 0.3 is 0 Å². The molecule has 12 heavy (non-hydrogen) atoms. The third kappa shape index (κ3) is 4.13. The molecule has 0 rings (SSSR count). The van der Waals surface area contributed by atoms with Crippen LogP contribution in [0.2, 0.25) is 0 Å².